The Hall–Kier alpha value is -2.46. The summed E-state index contributed by atoms with van der Waals surface area (Å²) in [5.74, 6) is 0.407. The number of fused-ring (bicyclic) bond motifs is 2. The Balaban J connectivity index is 1.54. The predicted molar refractivity (Wildman–Crippen MR) is 116 cm³/mol. The quantitative estimate of drug-likeness (QED) is 0.575. The van der Waals surface area contributed by atoms with Crippen molar-refractivity contribution in [2.45, 2.75) is 38.8 Å². The summed E-state index contributed by atoms with van der Waals surface area (Å²) in [7, 11) is 0. The summed E-state index contributed by atoms with van der Waals surface area (Å²) in [5.41, 5.74) is 6.73. The van der Waals surface area contributed by atoms with Crippen LogP contribution in [0.1, 0.15) is 26.7 Å². The lowest BCUT2D eigenvalue weighted by molar-refractivity contribution is -0.120. The highest BCUT2D eigenvalue weighted by atomic mass is 35.5. The smallest absolute Gasteiger partial charge is 0.239 e. The first kappa shape index (κ1) is 20.8. The van der Waals surface area contributed by atoms with Crippen LogP contribution in [0, 0.1) is 11.8 Å². The Kier molecular flexibility index (Phi) is 5.79. The van der Waals surface area contributed by atoms with Crippen molar-refractivity contribution in [3.8, 4) is 10.6 Å². The number of nitrogens with two attached hydrogens (primary N) is 1. The normalized spacial score (nSPS) is 23.8. The number of hydrogen-bond donors (Lipinski definition) is 3. The van der Waals surface area contributed by atoms with Crippen LogP contribution in [0.15, 0.2) is 12.3 Å². The minimum absolute atomic E-state index is 0.0315. The van der Waals surface area contributed by atoms with E-state index in [1.165, 1.54) is 11.3 Å². The van der Waals surface area contributed by atoms with E-state index in [4.69, 9.17) is 17.3 Å². The Morgan fingerprint density at radius 1 is 1.30 bits per heavy atom. The van der Waals surface area contributed by atoms with Gasteiger partial charge in [-0.2, -0.15) is 0 Å². The molecular weight excluding hydrogens is 426 g/mol. The molecule has 30 heavy (non-hydrogen) atoms. The second-order valence-electron chi connectivity index (χ2n) is 7.94. The third-order valence-corrected chi connectivity index (χ3v) is 7.01. The van der Waals surface area contributed by atoms with Crippen LogP contribution in [0.4, 0.5) is 10.8 Å². The molecule has 9 nitrogen and oxygen atoms in total. The second kappa shape index (κ2) is 8.35. The van der Waals surface area contributed by atoms with Crippen LogP contribution in [0.5, 0.6) is 0 Å². The van der Waals surface area contributed by atoms with Gasteiger partial charge in [-0.25, -0.2) is 4.98 Å². The van der Waals surface area contributed by atoms with Gasteiger partial charge in [0.25, 0.3) is 0 Å². The summed E-state index contributed by atoms with van der Waals surface area (Å²) in [6.07, 6.45) is 3.84. The largest absolute Gasteiger partial charge is 0.373 e. The Bertz CT molecular complexity index is 954. The van der Waals surface area contributed by atoms with Crippen LogP contribution < -0.4 is 21.3 Å². The first-order valence-electron chi connectivity index (χ1n) is 9.89. The number of anilines is 2. The number of pyridine rings is 1. The van der Waals surface area contributed by atoms with Crippen LogP contribution in [0.25, 0.3) is 10.6 Å². The fraction of sp³-hybridized carbons (Fsp3) is 0.526. The lowest BCUT2D eigenvalue weighted by Gasteiger charge is -2.37. The summed E-state index contributed by atoms with van der Waals surface area (Å²) >= 11 is 7.52. The number of primary amides is 1. The first-order chi connectivity index (χ1) is 14.3. The van der Waals surface area contributed by atoms with Crippen molar-refractivity contribution in [2.24, 2.45) is 17.6 Å². The van der Waals surface area contributed by atoms with Crippen LogP contribution >= 0.6 is 22.9 Å². The minimum Gasteiger partial charge on any atom is -0.373 e. The molecule has 0 radical (unpaired) electrons. The molecule has 0 unspecified atom stereocenters. The van der Waals surface area contributed by atoms with Crippen molar-refractivity contribution in [2.75, 3.05) is 23.3 Å². The van der Waals surface area contributed by atoms with E-state index in [9.17, 15) is 9.59 Å². The lowest BCUT2D eigenvalue weighted by atomic mass is 9.92. The molecule has 1 saturated heterocycles. The van der Waals surface area contributed by atoms with Crippen molar-refractivity contribution < 1.29 is 9.59 Å². The van der Waals surface area contributed by atoms with Gasteiger partial charge in [0.15, 0.2) is 5.01 Å². The first-order valence-corrected chi connectivity index (χ1v) is 11.1. The maximum Gasteiger partial charge on any atom is 0.239 e. The van der Waals surface area contributed by atoms with E-state index in [0.29, 0.717) is 33.2 Å². The van der Waals surface area contributed by atoms with E-state index in [1.807, 2.05) is 0 Å². The van der Waals surface area contributed by atoms with Crippen molar-refractivity contribution >= 4 is 45.6 Å². The summed E-state index contributed by atoms with van der Waals surface area (Å²) in [4.78, 5) is 29.4. The van der Waals surface area contributed by atoms with Crippen molar-refractivity contribution in [3.63, 3.8) is 0 Å². The van der Waals surface area contributed by atoms with Crippen LogP contribution in [0.3, 0.4) is 0 Å². The Morgan fingerprint density at radius 2 is 2.00 bits per heavy atom. The molecule has 4 rings (SSSR count). The standard InChI is InChI=1S/C19H24ClN7O2S/c1-9(17(21)29)23-14-5-15(20)22-6-13(14)18-25-26-19(30-18)27-7-11-3-4-12(8-27)16(11)24-10(2)28/h5-6,9,11-12,16H,3-4,7-8H2,1-2H3,(H2,21,29)(H,22,23)(H,24,28)/t9-,11-,12+,16+/m1/s1. The molecule has 2 fully saturated rings. The number of piperidine rings is 1. The van der Waals surface area contributed by atoms with Gasteiger partial charge in [0, 0.05) is 37.9 Å². The van der Waals surface area contributed by atoms with Gasteiger partial charge in [0.05, 0.1) is 5.56 Å². The van der Waals surface area contributed by atoms with E-state index < -0.39 is 11.9 Å². The maximum absolute atomic E-state index is 11.5. The van der Waals surface area contributed by atoms with Crippen molar-refractivity contribution in [1.82, 2.24) is 20.5 Å². The van der Waals surface area contributed by atoms with Crippen LogP contribution in [-0.2, 0) is 9.59 Å². The fourth-order valence-electron chi connectivity index (χ4n) is 4.33. The van der Waals surface area contributed by atoms with E-state index >= 15 is 0 Å². The number of carbonyl (C=O) groups excluding carboxylic acids is 2. The zero-order valence-electron chi connectivity index (χ0n) is 16.8. The second-order valence-corrected chi connectivity index (χ2v) is 9.28. The molecule has 2 aromatic heterocycles. The zero-order valence-corrected chi connectivity index (χ0v) is 18.3. The molecule has 4 atom stereocenters. The number of nitrogens with zero attached hydrogens (tertiary/aromatic N) is 4. The number of hydrogen-bond acceptors (Lipinski definition) is 8. The molecule has 2 aromatic rings. The van der Waals surface area contributed by atoms with Gasteiger partial charge in [0.1, 0.15) is 11.2 Å². The maximum atomic E-state index is 11.5. The van der Waals surface area contributed by atoms with E-state index in [0.717, 1.165) is 31.1 Å². The van der Waals surface area contributed by atoms with Gasteiger partial charge in [-0.05, 0) is 37.7 Å². The average Bonchev–Trinajstić information content (AvgIpc) is 3.23. The molecule has 0 spiro atoms. The highest BCUT2D eigenvalue weighted by molar-refractivity contribution is 7.18. The van der Waals surface area contributed by atoms with Crippen molar-refractivity contribution in [1.29, 1.82) is 0 Å². The number of halogens is 1. The van der Waals surface area contributed by atoms with Gasteiger partial charge >= 0.3 is 0 Å². The zero-order chi connectivity index (χ0) is 21.4. The molecule has 2 bridgehead atoms. The molecule has 4 N–H and O–H groups in total. The minimum atomic E-state index is -0.571. The summed E-state index contributed by atoms with van der Waals surface area (Å²) in [5, 5.41) is 16.8. The van der Waals surface area contributed by atoms with Crippen LogP contribution in [0.2, 0.25) is 5.15 Å². The van der Waals surface area contributed by atoms with Crippen LogP contribution in [-0.4, -0.2) is 52.2 Å². The highest BCUT2D eigenvalue weighted by Crippen LogP contribution is 2.41. The molecule has 3 heterocycles. The topological polar surface area (TPSA) is 126 Å². The Labute approximate surface area is 183 Å². The highest BCUT2D eigenvalue weighted by Gasteiger charge is 2.43. The van der Waals surface area contributed by atoms with E-state index in [2.05, 4.69) is 30.7 Å². The summed E-state index contributed by atoms with van der Waals surface area (Å²) in [6, 6.07) is 1.33. The molecule has 1 aliphatic carbocycles. The SMILES string of the molecule is CC(=O)N[C@H]1[C@@H]2CC[C@H]1CN(c1nnc(-c3cnc(Cl)cc3N[C@H](C)C(N)=O)s1)C2. The number of rotatable bonds is 6. The molecule has 2 aliphatic rings. The van der Waals surface area contributed by atoms with E-state index in [1.54, 1.807) is 26.1 Å². The van der Waals surface area contributed by atoms with Crippen molar-refractivity contribution in [3.05, 3.63) is 17.4 Å². The Morgan fingerprint density at radius 3 is 2.63 bits per heavy atom. The molecule has 11 heteroatoms. The van der Waals surface area contributed by atoms with Gasteiger partial charge in [-0.15, -0.1) is 10.2 Å². The average molecular weight is 450 g/mol. The van der Waals surface area contributed by atoms with Gasteiger partial charge in [-0.3, -0.25) is 9.59 Å². The molecule has 160 valence electrons. The number of amides is 2. The third kappa shape index (κ3) is 4.20. The fourth-order valence-corrected chi connectivity index (χ4v) is 5.37. The monoisotopic (exact) mass is 449 g/mol. The molecule has 1 saturated carbocycles. The molecule has 1 aliphatic heterocycles. The number of aromatic nitrogens is 3. The molecule has 0 aromatic carbocycles. The number of nitrogens with one attached hydrogen (secondary N) is 2. The summed E-state index contributed by atoms with van der Waals surface area (Å²) in [6.45, 7) is 4.95. The van der Waals surface area contributed by atoms with E-state index in [-0.39, 0.29) is 11.9 Å². The molecule has 2 amide bonds. The number of carbonyl (C=O) groups is 2. The summed E-state index contributed by atoms with van der Waals surface area (Å²) < 4.78 is 0. The molecular formula is C19H24ClN7O2S. The van der Waals surface area contributed by atoms with Gasteiger partial charge in [0.2, 0.25) is 16.9 Å². The van der Waals surface area contributed by atoms with Gasteiger partial charge < -0.3 is 21.3 Å². The third-order valence-electron chi connectivity index (χ3n) is 5.79. The lowest BCUT2D eigenvalue weighted by Crippen LogP contribution is -2.52. The predicted octanol–water partition coefficient (Wildman–Crippen LogP) is 1.89. The van der Waals surface area contributed by atoms with Gasteiger partial charge in [-0.1, -0.05) is 22.9 Å².